The van der Waals surface area contributed by atoms with Gasteiger partial charge in [-0.2, -0.15) is 0 Å². The first-order chi connectivity index (χ1) is 13.2. The van der Waals surface area contributed by atoms with Crippen molar-refractivity contribution >= 4 is 0 Å². The van der Waals surface area contributed by atoms with Crippen molar-refractivity contribution in [2.24, 2.45) is 39.9 Å². The number of hydrogen-bond donors (Lipinski definition) is 1. The summed E-state index contributed by atoms with van der Waals surface area (Å²) >= 11 is 0. The third kappa shape index (κ3) is 2.82. The minimum absolute atomic E-state index is 0.0562. The fourth-order valence-electron chi connectivity index (χ4n) is 8.75. The Bertz CT molecular complexity index is 657. The molecule has 1 N–H and O–H groups in total. The number of rotatable bonds is 4. The Morgan fingerprint density at radius 2 is 1.64 bits per heavy atom. The molecule has 2 fully saturated rings. The molecule has 0 unspecified atom stereocenters. The lowest BCUT2D eigenvalue weighted by Gasteiger charge is -2.60. The van der Waals surface area contributed by atoms with Crippen LogP contribution in [0.1, 0.15) is 98.8 Å². The van der Waals surface area contributed by atoms with Crippen molar-refractivity contribution in [3.63, 3.8) is 0 Å². The number of hydrogen-bond acceptors (Lipinski definition) is 1. The quantitative estimate of drug-likeness (QED) is 0.504. The molecule has 0 saturated heterocycles. The van der Waals surface area contributed by atoms with Crippen molar-refractivity contribution in [3.8, 4) is 0 Å². The average molecular weight is 385 g/mol. The number of fused-ring (bicyclic) bond motifs is 4. The van der Waals surface area contributed by atoms with Crippen molar-refractivity contribution < 1.29 is 5.11 Å². The fraction of sp³-hybridized carbons (Fsp3) is 0.852. The van der Waals surface area contributed by atoms with Crippen molar-refractivity contribution in [1.29, 1.82) is 0 Å². The molecule has 0 aromatic heterocycles. The van der Waals surface area contributed by atoms with E-state index in [9.17, 15) is 5.11 Å². The van der Waals surface area contributed by atoms with E-state index in [1.807, 2.05) is 11.1 Å². The van der Waals surface area contributed by atoms with E-state index in [0.29, 0.717) is 16.7 Å². The highest BCUT2D eigenvalue weighted by molar-refractivity contribution is 5.37. The van der Waals surface area contributed by atoms with Gasteiger partial charge in [-0.05, 0) is 104 Å². The second kappa shape index (κ2) is 7.00. The van der Waals surface area contributed by atoms with Crippen LogP contribution >= 0.6 is 0 Å². The molecule has 2 saturated carbocycles. The highest BCUT2D eigenvalue weighted by Crippen LogP contribution is 2.68. The lowest BCUT2D eigenvalue weighted by Crippen LogP contribution is -2.53. The molecule has 28 heavy (non-hydrogen) atoms. The Labute approximate surface area is 174 Å². The third-order valence-electron chi connectivity index (χ3n) is 10.5. The number of aliphatic hydroxyl groups is 1. The molecule has 0 heterocycles. The normalized spacial score (nSPS) is 45.8. The van der Waals surface area contributed by atoms with Gasteiger partial charge in [-0.1, -0.05) is 51.8 Å². The molecular formula is C27H44O. The Morgan fingerprint density at radius 1 is 1.00 bits per heavy atom. The lowest BCUT2D eigenvalue weighted by atomic mass is 9.45. The van der Waals surface area contributed by atoms with Crippen LogP contribution in [0.5, 0.6) is 0 Å². The van der Waals surface area contributed by atoms with Gasteiger partial charge in [0, 0.05) is 0 Å². The monoisotopic (exact) mass is 384 g/mol. The Kier molecular flexibility index (Phi) is 5.18. The maximum Gasteiger partial charge on any atom is 0.0594 e. The van der Waals surface area contributed by atoms with Gasteiger partial charge in [-0.25, -0.2) is 0 Å². The Balaban J connectivity index is 1.66. The third-order valence-corrected chi connectivity index (χ3v) is 10.5. The van der Waals surface area contributed by atoms with Gasteiger partial charge in [0.05, 0.1) is 6.10 Å². The van der Waals surface area contributed by atoms with Gasteiger partial charge < -0.3 is 5.11 Å². The maximum absolute atomic E-state index is 10.7. The van der Waals surface area contributed by atoms with Gasteiger partial charge >= 0.3 is 0 Å². The van der Waals surface area contributed by atoms with Crippen LogP contribution in [0, 0.1) is 39.9 Å². The first-order valence-corrected chi connectivity index (χ1v) is 12.2. The molecule has 0 amide bonds. The molecule has 0 spiro atoms. The summed E-state index contributed by atoms with van der Waals surface area (Å²) in [6.07, 6.45) is 14.8. The van der Waals surface area contributed by atoms with Crippen LogP contribution in [-0.2, 0) is 0 Å². The van der Waals surface area contributed by atoms with Crippen molar-refractivity contribution in [3.05, 3.63) is 23.8 Å². The molecule has 0 aromatic rings. The predicted octanol–water partition coefficient (Wildman–Crippen LogP) is 7.31. The summed E-state index contributed by atoms with van der Waals surface area (Å²) in [5, 5.41) is 10.7. The molecule has 0 radical (unpaired) electrons. The lowest BCUT2D eigenvalue weighted by molar-refractivity contribution is -0.0931. The molecular weight excluding hydrogens is 340 g/mol. The summed E-state index contributed by atoms with van der Waals surface area (Å²) < 4.78 is 0. The van der Waals surface area contributed by atoms with Crippen LogP contribution in [0.4, 0.5) is 0 Å². The zero-order valence-electron chi connectivity index (χ0n) is 19.2. The summed E-state index contributed by atoms with van der Waals surface area (Å²) in [6, 6.07) is 0. The van der Waals surface area contributed by atoms with Crippen LogP contribution in [-0.4, -0.2) is 11.2 Å². The van der Waals surface area contributed by atoms with E-state index in [0.717, 1.165) is 24.2 Å². The van der Waals surface area contributed by atoms with Crippen LogP contribution in [0.25, 0.3) is 0 Å². The summed E-state index contributed by atoms with van der Waals surface area (Å²) in [6.45, 7) is 16.3. The van der Waals surface area contributed by atoms with Crippen LogP contribution < -0.4 is 0 Å². The zero-order valence-corrected chi connectivity index (χ0v) is 19.2. The highest BCUT2D eigenvalue weighted by Gasteiger charge is 2.59. The van der Waals surface area contributed by atoms with Gasteiger partial charge in [-0.3, -0.25) is 0 Å². The Morgan fingerprint density at radius 3 is 2.36 bits per heavy atom. The topological polar surface area (TPSA) is 20.2 Å². The zero-order chi connectivity index (χ0) is 20.3. The van der Waals surface area contributed by atoms with E-state index < -0.39 is 0 Å². The molecule has 4 rings (SSSR count). The fourth-order valence-corrected chi connectivity index (χ4v) is 8.75. The largest absolute Gasteiger partial charge is 0.393 e. The summed E-state index contributed by atoms with van der Waals surface area (Å²) in [5.41, 5.74) is 4.57. The summed E-state index contributed by atoms with van der Waals surface area (Å²) in [4.78, 5) is 0. The van der Waals surface area contributed by atoms with Crippen molar-refractivity contribution in [2.45, 2.75) is 105 Å². The molecule has 4 aliphatic carbocycles. The highest BCUT2D eigenvalue weighted by atomic mass is 16.3. The van der Waals surface area contributed by atoms with E-state index in [1.54, 1.807) is 0 Å². The maximum atomic E-state index is 10.7. The molecule has 1 heteroatoms. The summed E-state index contributed by atoms with van der Waals surface area (Å²) in [5.74, 6) is 3.29. The van der Waals surface area contributed by atoms with Gasteiger partial charge in [0.15, 0.2) is 0 Å². The van der Waals surface area contributed by atoms with E-state index in [4.69, 9.17) is 0 Å². The van der Waals surface area contributed by atoms with Gasteiger partial charge in [0.2, 0.25) is 0 Å². The van der Waals surface area contributed by atoms with E-state index in [1.165, 1.54) is 57.8 Å². The van der Waals surface area contributed by atoms with E-state index in [2.05, 4.69) is 47.3 Å². The first-order valence-electron chi connectivity index (χ1n) is 12.2. The number of allylic oxidation sites excluding steroid dienone is 3. The Hall–Kier alpha value is -0.560. The molecule has 158 valence electrons. The molecule has 0 bridgehead atoms. The van der Waals surface area contributed by atoms with Crippen LogP contribution in [0.2, 0.25) is 0 Å². The van der Waals surface area contributed by atoms with Gasteiger partial charge in [0.25, 0.3) is 0 Å². The standard InChI is InChI=1S/C27H44O/c1-7-8-9-18(2)19-14-16-26(5)20(19)10-11-22-21(26)12-13-23-25(3,4)24(28)15-17-27(22,23)6/h7,18-20,23-24,28H,1,8-17H2,2-6H3/t18-,19+,20+,23+,24-,26-,27+/m0/s1. The van der Waals surface area contributed by atoms with Crippen molar-refractivity contribution in [2.75, 3.05) is 0 Å². The van der Waals surface area contributed by atoms with Crippen LogP contribution in [0.15, 0.2) is 23.8 Å². The number of aliphatic hydroxyl groups excluding tert-OH is 1. The molecule has 7 atom stereocenters. The van der Waals surface area contributed by atoms with Gasteiger partial charge in [-0.15, -0.1) is 6.58 Å². The van der Waals surface area contributed by atoms with Crippen LogP contribution in [0.3, 0.4) is 0 Å². The molecule has 4 aliphatic rings. The minimum atomic E-state index is -0.124. The smallest absolute Gasteiger partial charge is 0.0594 e. The predicted molar refractivity (Wildman–Crippen MR) is 119 cm³/mol. The first kappa shape index (κ1) is 20.7. The minimum Gasteiger partial charge on any atom is -0.393 e. The second-order valence-corrected chi connectivity index (χ2v) is 12.0. The van der Waals surface area contributed by atoms with E-state index in [-0.39, 0.29) is 11.5 Å². The molecule has 0 aliphatic heterocycles. The molecule has 0 aromatic carbocycles. The second-order valence-electron chi connectivity index (χ2n) is 12.0. The summed E-state index contributed by atoms with van der Waals surface area (Å²) in [7, 11) is 0. The molecule has 1 nitrogen and oxygen atoms in total. The van der Waals surface area contributed by atoms with E-state index >= 15 is 0 Å². The average Bonchev–Trinajstić information content (AvgIpc) is 3.01. The van der Waals surface area contributed by atoms with Crippen molar-refractivity contribution in [1.82, 2.24) is 0 Å². The SMILES string of the molecule is C=CCC[C@H](C)[C@H]1CC[C@]2(C)C3=C(CC[C@H]12)[C@@]1(C)CC[C@H](O)C(C)(C)[C@H]1CC3. The van der Waals surface area contributed by atoms with Gasteiger partial charge in [0.1, 0.15) is 0 Å².